The molecule has 0 atom stereocenters. The molecule has 160 valence electrons. The zero-order valence-corrected chi connectivity index (χ0v) is 17.1. The predicted molar refractivity (Wildman–Crippen MR) is 114 cm³/mol. The summed E-state index contributed by atoms with van der Waals surface area (Å²) in [5, 5.41) is 20.2. The highest BCUT2D eigenvalue weighted by molar-refractivity contribution is 5.91. The van der Waals surface area contributed by atoms with Crippen molar-refractivity contribution in [2.45, 2.75) is 38.6 Å². The quantitative estimate of drug-likeness (QED) is 0.514. The fraction of sp³-hybridized carbons (Fsp3) is 0.261. The van der Waals surface area contributed by atoms with E-state index in [2.05, 4.69) is 15.7 Å². The first-order valence-corrected chi connectivity index (χ1v) is 10.2. The Bertz CT molecular complexity index is 1140. The molecule has 7 nitrogen and oxygen atoms in total. The van der Waals surface area contributed by atoms with Crippen LogP contribution in [0.4, 0.5) is 14.9 Å². The van der Waals surface area contributed by atoms with Gasteiger partial charge in [-0.1, -0.05) is 25.1 Å². The lowest BCUT2D eigenvalue weighted by atomic mass is 10.1. The summed E-state index contributed by atoms with van der Waals surface area (Å²) in [7, 11) is 0. The zero-order valence-electron chi connectivity index (χ0n) is 17.1. The number of phenols is 1. The number of hydrogen-bond acceptors (Lipinski definition) is 4. The van der Waals surface area contributed by atoms with Crippen LogP contribution < -0.4 is 10.6 Å². The molecule has 8 heteroatoms. The zero-order chi connectivity index (χ0) is 22.0. The SMILES string of the molecule is CCC(=O)Nc1ccc(O)c(-c2cc(C3CC3)n(C(=O)NCc3ccccc3F)n2)c1. The minimum absolute atomic E-state index is 0.00624. The van der Waals surface area contributed by atoms with E-state index in [1.165, 1.54) is 16.8 Å². The summed E-state index contributed by atoms with van der Waals surface area (Å²) in [6.45, 7) is 1.79. The van der Waals surface area contributed by atoms with Crippen LogP contribution in [0, 0.1) is 5.82 Å². The molecule has 0 aliphatic heterocycles. The van der Waals surface area contributed by atoms with Gasteiger partial charge in [-0.15, -0.1) is 0 Å². The largest absolute Gasteiger partial charge is 0.507 e. The third-order valence-corrected chi connectivity index (χ3v) is 5.19. The first kappa shape index (κ1) is 20.6. The van der Waals surface area contributed by atoms with Gasteiger partial charge in [-0.2, -0.15) is 9.78 Å². The van der Waals surface area contributed by atoms with Gasteiger partial charge in [0, 0.05) is 35.7 Å². The van der Waals surface area contributed by atoms with E-state index in [-0.39, 0.29) is 29.9 Å². The predicted octanol–water partition coefficient (Wildman–Crippen LogP) is 4.38. The Balaban J connectivity index is 1.61. The van der Waals surface area contributed by atoms with Crippen LogP contribution in [0.3, 0.4) is 0 Å². The van der Waals surface area contributed by atoms with Crippen LogP contribution in [0.2, 0.25) is 0 Å². The van der Waals surface area contributed by atoms with Gasteiger partial charge in [-0.05, 0) is 43.2 Å². The van der Waals surface area contributed by atoms with Gasteiger partial charge in [0.15, 0.2) is 0 Å². The first-order valence-electron chi connectivity index (χ1n) is 10.2. The van der Waals surface area contributed by atoms with Gasteiger partial charge in [-0.25, -0.2) is 9.18 Å². The Morgan fingerprint density at radius 1 is 1.19 bits per heavy atom. The smallest absolute Gasteiger partial charge is 0.342 e. The maximum atomic E-state index is 13.9. The number of amides is 2. The van der Waals surface area contributed by atoms with Crippen molar-refractivity contribution in [2.24, 2.45) is 0 Å². The summed E-state index contributed by atoms with van der Waals surface area (Å²) in [4.78, 5) is 24.5. The molecule has 2 amide bonds. The van der Waals surface area contributed by atoms with Crippen molar-refractivity contribution in [3.8, 4) is 17.0 Å². The summed E-state index contributed by atoms with van der Waals surface area (Å²) in [6, 6.07) is 12.3. The van der Waals surface area contributed by atoms with Gasteiger partial charge in [0.2, 0.25) is 5.91 Å². The molecule has 0 spiro atoms. The number of carbonyl (C=O) groups excluding carboxylic acids is 2. The molecule has 2 aromatic carbocycles. The van der Waals surface area contributed by atoms with Crippen molar-refractivity contribution >= 4 is 17.6 Å². The number of aromatic hydroxyl groups is 1. The molecule has 0 bridgehead atoms. The van der Waals surface area contributed by atoms with Crippen molar-refractivity contribution in [3.05, 3.63) is 65.6 Å². The average Bonchev–Trinajstić information content (AvgIpc) is 3.52. The molecule has 3 N–H and O–H groups in total. The highest BCUT2D eigenvalue weighted by Crippen LogP contribution is 2.42. The number of aromatic nitrogens is 2. The number of nitrogens with one attached hydrogen (secondary N) is 2. The molecule has 0 unspecified atom stereocenters. The monoisotopic (exact) mass is 422 g/mol. The molecular weight excluding hydrogens is 399 g/mol. The number of hydrogen-bond donors (Lipinski definition) is 3. The average molecular weight is 422 g/mol. The lowest BCUT2D eigenvalue weighted by Crippen LogP contribution is -2.30. The van der Waals surface area contributed by atoms with E-state index in [1.54, 1.807) is 43.3 Å². The first-order chi connectivity index (χ1) is 15.0. The molecule has 1 aliphatic rings. The molecule has 1 aliphatic carbocycles. The topological polar surface area (TPSA) is 96.2 Å². The number of carbonyl (C=O) groups is 2. The van der Waals surface area contributed by atoms with Crippen LogP contribution in [-0.4, -0.2) is 26.8 Å². The Morgan fingerprint density at radius 3 is 2.68 bits per heavy atom. The van der Waals surface area contributed by atoms with E-state index < -0.39 is 6.03 Å². The molecular formula is C23H23FN4O3. The van der Waals surface area contributed by atoms with E-state index in [9.17, 15) is 19.1 Å². The lowest BCUT2D eigenvalue weighted by molar-refractivity contribution is -0.115. The maximum absolute atomic E-state index is 13.9. The second-order valence-electron chi connectivity index (χ2n) is 7.52. The molecule has 0 saturated heterocycles. The molecule has 3 aromatic rings. The number of benzene rings is 2. The van der Waals surface area contributed by atoms with Gasteiger partial charge in [-0.3, -0.25) is 4.79 Å². The fourth-order valence-corrected chi connectivity index (χ4v) is 3.32. The standard InChI is InChI=1S/C23H23FN4O3/c1-2-22(30)26-16-9-10-21(29)17(11-16)19-12-20(14-7-8-14)28(27-19)23(31)25-13-15-5-3-4-6-18(15)24/h3-6,9-12,14,29H,2,7-8,13H2,1H3,(H,25,31)(H,26,30). The van der Waals surface area contributed by atoms with Gasteiger partial charge >= 0.3 is 6.03 Å². The van der Waals surface area contributed by atoms with Crippen molar-refractivity contribution in [2.75, 3.05) is 5.32 Å². The fourth-order valence-electron chi connectivity index (χ4n) is 3.32. The summed E-state index contributed by atoms with van der Waals surface area (Å²) >= 11 is 0. The van der Waals surface area contributed by atoms with Gasteiger partial charge < -0.3 is 15.7 Å². The van der Waals surface area contributed by atoms with E-state index in [0.717, 1.165) is 18.5 Å². The highest BCUT2D eigenvalue weighted by atomic mass is 19.1. The molecule has 1 heterocycles. The Morgan fingerprint density at radius 2 is 1.97 bits per heavy atom. The number of rotatable bonds is 6. The normalized spacial score (nSPS) is 13.1. The van der Waals surface area contributed by atoms with Gasteiger partial charge in [0.25, 0.3) is 0 Å². The van der Waals surface area contributed by atoms with Crippen molar-refractivity contribution in [3.63, 3.8) is 0 Å². The molecule has 31 heavy (non-hydrogen) atoms. The molecule has 1 saturated carbocycles. The molecule has 0 radical (unpaired) electrons. The lowest BCUT2D eigenvalue weighted by Gasteiger charge is -2.09. The van der Waals surface area contributed by atoms with Crippen LogP contribution in [-0.2, 0) is 11.3 Å². The van der Waals surface area contributed by atoms with E-state index in [1.807, 2.05) is 0 Å². The summed E-state index contributed by atoms with van der Waals surface area (Å²) < 4.78 is 15.1. The number of halogens is 1. The van der Waals surface area contributed by atoms with E-state index in [0.29, 0.717) is 28.9 Å². The highest BCUT2D eigenvalue weighted by Gasteiger charge is 2.30. The third-order valence-electron chi connectivity index (χ3n) is 5.19. The maximum Gasteiger partial charge on any atom is 0.342 e. The Labute approximate surface area is 178 Å². The minimum atomic E-state index is -0.466. The van der Waals surface area contributed by atoms with Gasteiger partial charge in [0.05, 0.1) is 11.4 Å². The third kappa shape index (κ3) is 4.58. The molecule has 4 rings (SSSR count). The van der Waals surface area contributed by atoms with E-state index in [4.69, 9.17) is 0 Å². The number of phenolic OH excluding ortho intramolecular Hbond substituents is 1. The summed E-state index contributed by atoms with van der Waals surface area (Å²) in [5.74, 6) is -0.325. The summed E-state index contributed by atoms with van der Waals surface area (Å²) in [6.07, 6.45) is 2.23. The van der Waals surface area contributed by atoms with Crippen LogP contribution in [0.25, 0.3) is 11.3 Å². The van der Waals surface area contributed by atoms with Crippen molar-refractivity contribution in [1.82, 2.24) is 15.1 Å². The minimum Gasteiger partial charge on any atom is -0.507 e. The van der Waals surface area contributed by atoms with Crippen LogP contribution >= 0.6 is 0 Å². The molecule has 1 aromatic heterocycles. The van der Waals surface area contributed by atoms with Crippen LogP contribution in [0.1, 0.15) is 43.4 Å². The Kier molecular flexibility index (Phi) is 5.70. The van der Waals surface area contributed by atoms with Crippen molar-refractivity contribution in [1.29, 1.82) is 0 Å². The second kappa shape index (κ2) is 8.59. The number of anilines is 1. The van der Waals surface area contributed by atoms with E-state index >= 15 is 0 Å². The number of nitrogens with zero attached hydrogens (tertiary/aromatic N) is 2. The summed E-state index contributed by atoms with van der Waals surface area (Å²) in [5.41, 5.74) is 2.49. The van der Waals surface area contributed by atoms with Crippen LogP contribution in [0.15, 0.2) is 48.5 Å². The molecule has 1 fully saturated rings. The van der Waals surface area contributed by atoms with Gasteiger partial charge in [0.1, 0.15) is 11.6 Å². The second-order valence-corrected chi connectivity index (χ2v) is 7.52. The van der Waals surface area contributed by atoms with Crippen molar-refractivity contribution < 1.29 is 19.1 Å². The Hall–Kier alpha value is -3.68. The van der Waals surface area contributed by atoms with Crippen LogP contribution in [0.5, 0.6) is 5.75 Å².